The molecule has 5 rings (SSSR count). The Morgan fingerprint density at radius 1 is 1.12 bits per heavy atom. The second-order valence-corrected chi connectivity index (χ2v) is 9.68. The van der Waals surface area contributed by atoms with E-state index >= 15 is 0 Å². The highest BCUT2D eigenvalue weighted by molar-refractivity contribution is 7.98. The topological polar surface area (TPSA) is 63.5 Å². The minimum Gasteiger partial charge on any atom is -0.321 e. The second-order valence-electron chi connectivity index (χ2n) is 7.60. The zero-order valence-electron chi connectivity index (χ0n) is 17.1. The number of halogens is 1. The lowest BCUT2D eigenvalue weighted by atomic mass is 10.0. The number of carbonyl (C=O) groups excluding carboxylic acids is 1. The van der Waals surface area contributed by atoms with Crippen LogP contribution in [0.15, 0.2) is 64.3 Å². The number of hydrogen-bond donors (Lipinski definition) is 1. The lowest BCUT2D eigenvalue weighted by Gasteiger charge is -2.11. The lowest BCUT2D eigenvalue weighted by Crippen LogP contribution is -2.17. The standard InChI is InChI=1S/C24H20FN3O2S2/c25-17-8-2-1-7-16(17)23(30)27-18-9-3-5-11-20(18)31-14-15-13-22(29)28-19-10-4-6-12-21(19)32-24(28)26-15/h1-3,5,7-9,11,13H,4,6,10,12,14H2,(H,27,30). The molecular formula is C24H20FN3O2S2. The Kier molecular flexibility index (Phi) is 5.80. The number of nitrogens with one attached hydrogen (secondary N) is 1. The van der Waals surface area contributed by atoms with E-state index in [4.69, 9.17) is 4.98 Å². The molecule has 162 valence electrons. The molecule has 1 aliphatic carbocycles. The normalized spacial score (nSPS) is 13.2. The number of anilines is 1. The first kappa shape index (κ1) is 20.9. The van der Waals surface area contributed by atoms with Gasteiger partial charge < -0.3 is 5.32 Å². The molecule has 8 heteroatoms. The van der Waals surface area contributed by atoms with Gasteiger partial charge in [0.25, 0.3) is 11.5 Å². The maximum atomic E-state index is 14.0. The summed E-state index contributed by atoms with van der Waals surface area (Å²) in [5.74, 6) is -0.578. The summed E-state index contributed by atoms with van der Waals surface area (Å²) < 4.78 is 15.7. The van der Waals surface area contributed by atoms with Crippen LogP contribution < -0.4 is 10.9 Å². The van der Waals surface area contributed by atoms with Crippen molar-refractivity contribution in [3.05, 3.63) is 92.6 Å². The Hall–Kier alpha value is -2.97. The summed E-state index contributed by atoms with van der Waals surface area (Å²) in [6, 6.07) is 14.8. The van der Waals surface area contributed by atoms with Gasteiger partial charge in [0, 0.05) is 27.3 Å². The van der Waals surface area contributed by atoms with Gasteiger partial charge in [0.05, 0.1) is 16.9 Å². The Balaban J connectivity index is 1.37. The molecule has 0 fully saturated rings. The Morgan fingerprint density at radius 2 is 1.91 bits per heavy atom. The molecule has 0 radical (unpaired) electrons. The quantitative estimate of drug-likeness (QED) is 0.405. The minimum absolute atomic E-state index is 0.00546. The first-order valence-corrected chi connectivity index (χ1v) is 12.2. The third-order valence-corrected chi connectivity index (χ3v) is 7.69. The van der Waals surface area contributed by atoms with Crippen LogP contribution in [0.4, 0.5) is 10.1 Å². The van der Waals surface area contributed by atoms with Gasteiger partial charge in [-0.15, -0.1) is 23.1 Å². The van der Waals surface area contributed by atoms with E-state index in [0.29, 0.717) is 17.1 Å². The maximum Gasteiger partial charge on any atom is 0.259 e. The van der Waals surface area contributed by atoms with E-state index < -0.39 is 11.7 Å². The molecule has 0 unspecified atom stereocenters. The van der Waals surface area contributed by atoms with Crippen molar-refractivity contribution in [2.24, 2.45) is 0 Å². The zero-order valence-corrected chi connectivity index (χ0v) is 18.8. The molecule has 5 nitrogen and oxygen atoms in total. The predicted molar refractivity (Wildman–Crippen MR) is 126 cm³/mol. The van der Waals surface area contributed by atoms with Crippen LogP contribution in [0.25, 0.3) is 4.96 Å². The molecule has 0 spiro atoms. The molecule has 2 aromatic carbocycles. The van der Waals surface area contributed by atoms with Gasteiger partial charge in [0.2, 0.25) is 0 Å². The summed E-state index contributed by atoms with van der Waals surface area (Å²) in [4.78, 5) is 32.9. The molecule has 1 N–H and O–H groups in total. The molecule has 0 aliphatic heterocycles. The van der Waals surface area contributed by atoms with E-state index in [1.807, 2.05) is 18.2 Å². The van der Waals surface area contributed by atoms with E-state index in [2.05, 4.69) is 5.32 Å². The SMILES string of the molecule is O=C(Nc1ccccc1SCc1cc(=O)n2c3c(sc2n1)CCCC3)c1ccccc1F. The molecular weight excluding hydrogens is 445 g/mol. The number of hydrogen-bond acceptors (Lipinski definition) is 5. The molecule has 2 heterocycles. The van der Waals surface area contributed by atoms with Crippen molar-refractivity contribution >= 4 is 39.7 Å². The van der Waals surface area contributed by atoms with Gasteiger partial charge in [-0.3, -0.25) is 14.0 Å². The highest BCUT2D eigenvalue weighted by atomic mass is 32.2. The molecule has 1 aliphatic rings. The molecule has 0 saturated heterocycles. The third kappa shape index (κ3) is 4.08. The third-order valence-electron chi connectivity index (χ3n) is 5.44. The molecule has 0 atom stereocenters. The molecule has 4 aromatic rings. The van der Waals surface area contributed by atoms with E-state index in [1.165, 1.54) is 28.8 Å². The van der Waals surface area contributed by atoms with Gasteiger partial charge in [-0.05, 0) is 49.9 Å². The molecule has 0 bridgehead atoms. The fourth-order valence-corrected chi connectivity index (χ4v) is 6.03. The summed E-state index contributed by atoms with van der Waals surface area (Å²) in [5, 5.41) is 2.79. The number of nitrogens with zero attached hydrogens (tertiary/aromatic N) is 2. The number of aromatic nitrogens is 2. The number of amides is 1. The lowest BCUT2D eigenvalue weighted by molar-refractivity contribution is 0.102. The number of rotatable bonds is 5. The summed E-state index contributed by atoms with van der Waals surface area (Å²) in [6.07, 6.45) is 4.22. The number of benzene rings is 2. The average molecular weight is 466 g/mol. The summed E-state index contributed by atoms with van der Waals surface area (Å²) in [5.41, 5.74) is 2.37. The Morgan fingerprint density at radius 3 is 2.78 bits per heavy atom. The fraction of sp³-hybridized carbons (Fsp3) is 0.208. The largest absolute Gasteiger partial charge is 0.321 e. The second kappa shape index (κ2) is 8.88. The van der Waals surface area contributed by atoms with E-state index in [-0.39, 0.29) is 11.1 Å². The van der Waals surface area contributed by atoms with E-state index in [1.54, 1.807) is 40.0 Å². The monoisotopic (exact) mass is 465 g/mol. The summed E-state index contributed by atoms with van der Waals surface area (Å²) in [7, 11) is 0. The first-order chi connectivity index (χ1) is 15.6. The van der Waals surface area contributed by atoms with Gasteiger partial charge in [-0.2, -0.15) is 0 Å². The van der Waals surface area contributed by atoms with Crippen LogP contribution in [0.3, 0.4) is 0 Å². The smallest absolute Gasteiger partial charge is 0.259 e. The Labute approximate surface area is 192 Å². The highest BCUT2D eigenvalue weighted by Gasteiger charge is 2.19. The maximum absolute atomic E-state index is 14.0. The number of para-hydroxylation sites is 1. The number of aryl methyl sites for hydroxylation is 2. The number of carbonyl (C=O) groups is 1. The van der Waals surface area contributed by atoms with Crippen LogP contribution in [-0.4, -0.2) is 15.3 Å². The van der Waals surface area contributed by atoms with Crippen molar-refractivity contribution in [1.29, 1.82) is 0 Å². The van der Waals surface area contributed by atoms with Crippen LogP contribution in [0.2, 0.25) is 0 Å². The van der Waals surface area contributed by atoms with Crippen molar-refractivity contribution < 1.29 is 9.18 Å². The van der Waals surface area contributed by atoms with Crippen LogP contribution in [-0.2, 0) is 18.6 Å². The average Bonchev–Trinajstić information content (AvgIpc) is 3.17. The van der Waals surface area contributed by atoms with Crippen LogP contribution in [0, 0.1) is 5.82 Å². The van der Waals surface area contributed by atoms with E-state index in [0.717, 1.165) is 41.2 Å². The molecule has 0 saturated carbocycles. The van der Waals surface area contributed by atoms with Gasteiger partial charge in [0.15, 0.2) is 4.96 Å². The van der Waals surface area contributed by atoms with E-state index in [9.17, 15) is 14.0 Å². The fourth-order valence-electron chi connectivity index (χ4n) is 3.90. The number of thiazole rings is 1. The van der Waals surface area contributed by atoms with Crippen LogP contribution in [0.5, 0.6) is 0 Å². The first-order valence-electron chi connectivity index (χ1n) is 10.4. The van der Waals surface area contributed by atoms with Gasteiger partial charge in [0.1, 0.15) is 5.82 Å². The van der Waals surface area contributed by atoms with Gasteiger partial charge in [-0.1, -0.05) is 24.3 Å². The summed E-state index contributed by atoms with van der Waals surface area (Å²) in [6.45, 7) is 0. The number of thioether (sulfide) groups is 1. The zero-order chi connectivity index (χ0) is 22.1. The van der Waals surface area contributed by atoms with Crippen molar-refractivity contribution in [1.82, 2.24) is 9.38 Å². The minimum atomic E-state index is -0.563. The predicted octanol–water partition coefficient (Wildman–Crippen LogP) is 5.32. The van der Waals surface area contributed by atoms with Crippen molar-refractivity contribution in [3.63, 3.8) is 0 Å². The van der Waals surface area contributed by atoms with Gasteiger partial charge >= 0.3 is 0 Å². The van der Waals surface area contributed by atoms with Crippen LogP contribution in [0.1, 0.15) is 39.5 Å². The van der Waals surface area contributed by atoms with Crippen molar-refractivity contribution in [2.75, 3.05) is 5.32 Å². The van der Waals surface area contributed by atoms with Crippen molar-refractivity contribution in [3.8, 4) is 0 Å². The summed E-state index contributed by atoms with van der Waals surface area (Å²) >= 11 is 3.09. The molecule has 32 heavy (non-hydrogen) atoms. The number of fused-ring (bicyclic) bond motifs is 3. The molecule has 1 amide bonds. The molecule has 2 aromatic heterocycles. The van der Waals surface area contributed by atoms with Gasteiger partial charge in [-0.25, -0.2) is 9.37 Å². The highest BCUT2D eigenvalue weighted by Crippen LogP contribution is 2.31. The van der Waals surface area contributed by atoms with Crippen molar-refractivity contribution in [2.45, 2.75) is 36.3 Å². The Bertz CT molecular complexity index is 1380. The van der Waals surface area contributed by atoms with Crippen LogP contribution >= 0.6 is 23.1 Å².